The number of nitrogens with two attached hydrogens (primary N) is 1. The number of hydrogen-bond acceptors (Lipinski definition) is 4. The standard InChI is InChI=1S/C17H25NO3/c1-6-17(7-2,16(20)21-5)10-14(19)13-8-11(3)15(18)12(4)9-13/h8-9H,6-7,10,18H2,1-5H3. The molecule has 0 aliphatic carbocycles. The van der Waals surface area contributed by atoms with E-state index in [4.69, 9.17) is 10.5 Å². The van der Waals surface area contributed by atoms with Crippen LogP contribution < -0.4 is 5.73 Å². The summed E-state index contributed by atoms with van der Waals surface area (Å²) in [6.07, 6.45) is 1.32. The average Bonchev–Trinajstić information content (AvgIpc) is 2.48. The summed E-state index contributed by atoms with van der Waals surface area (Å²) in [7, 11) is 1.37. The highest BCUT2D eigenvalue weighted by molar-refractivity contribution is 5.99. The van der Waals surface area contributed by atoms with E-state index in [9.17, 15) is 9.59 Å². The fourth-order valence-electron chi connectivity index (χ4n) is 2.62. The van der Waals surface area contributed by atoms with Crippen molar-refractivity contribution in [2.45, 2.75) is 47.0 Å². The van der Waals surface area contributed by atoms with E-state index in [1.165, 1.54) is 7.11 Å². The van der Waals surface area contributed by atoms with Crippen molar-refractivity contribution in [3.8, 4) is 0 Å². The minimum absolute atomic E-state index is 0.0460. The Bertz CT molecular complexity index is 522. The molecule has 0 radical (unpaired) electrons. The van der Waals surface area contributed by atoms with Gasteiger partial charge in [0, 0.05) is 17.7 Å². The zero-order chi connectivity index (χ0) is 16.2. The third-order valence-electron chi connectivity index (χ3n) is 4.39. The number of methoxy groups -OCH3 is 1. The Balaban J connectivity index is 3.11. The van der Waals surface area contributed by atoms with Crippen LogP contribution in [0.4, 0.5) is 5.69 Å². The number of Topliss-reactive ketones (excluding diaryl/α,β-unsaturated/α-hetero) is 1. The van der Waals surface area contributed by atoms with Crippen LogP contribution in [0.5, 0.6) is 0 Å². The molecule has 0 saturated carbocycles. The molecular weight excluding hydrogens is 266 g/mol. The SMILES string of the molecule is CCC(CC)(CC(=O)c1cc(C)c(N)c(C)c1)C(=O)OC. The largest absolute Gasteiger partial charge is 0.469 e. The zero-order valence-corrected chi connectivity index (χ0v) is 13.6. The van der Waals surface area contributed by atoms with Crippen molar-refractivity contribution >= 4 is 17.4 Å². The molecule has 0 spiro atoms. The molecule has 4 nitrogen and oxygen atoms in total. The monoisotopic (exact) mass is 291 g/mol. The maximum Gasteiger partial charge on any atom is 0.312 e. The molecule has 0 amide bonds. The molecule has 116 valence electrons. The fraction of sp³-hybridized carbons (Fsp3) is 0.529. The molecule has 21 heavy (non-hydrogen) atoms. The minimum Gasteiger partial charge on any atom is -0.469 e. The lowest BCUT2D eigenvalue weighted by atomic mass is 9.76. The second-order valence-electron chi connectivity index (χ2n) is 5.60. The Morgan fingerprint density at radius 3 is 2.00 bits per heavy atom. The van der Waals surface area contributed by atoms with Crippen molar-refractivity contribution in [1.82, 2.24) is 0 Å². The number of benzene rings is 1. The normalized spacial score (nSPS) is 11.3. The predicted molar refractivity (Wildman–Crippen MR) is 84.3 cm³/mol. The van der Waals surface area contributed by atoms with Gasteiger partial charge in [0.05, 0.1) is 12.5 Å². The van der Waals surface area contributed by atoms with E-state index < -0.39 is 5.41 Å². The van der Waals surface area contributed by atoms with Crippen LogP contribution in [0.2, 0.25) is 0 Å². The van der Waals surface area contributed by atoms with Crippen molar-refractivity contribution < 1.29 is 14.3 Å². The molecule has 0 heterocycles. The number of aryl methyl sites for hydroxylation is 2. The van der Waals surface area contributed by atoms with E-state index in [0.717, 1.165) is 11.1 Å². The van der Waals surface area contributed by atoms with Gasteiger partial charge in [0.1, 0.15) is 0 Å². The number of nitrogen functional groups attached to an aromatic ring is 1. The quantitative estimate of drug-likeness (QED) is 0.495. The minimum atomic E-state index is -0.741. The highest BCUT2D eigenvalue weighted by atomic mass is 16.5. The van der Waals surface area contributed by atoms with Gasteiger partial charge in [-0.05, 0) is 49.9 Å². The number of ether oxygens (including phenoxy) is 1. The van der Waals surface area contributed by atoms with Gasteiger partial charge in [-0.3, -0.25) is 9.59 Å². The van der Waals surface area contributed by atoms with Gasteiger partial charge in [0.2, 0.25) is 0 Å². The molecule has 2 N–H and O–H groups in total. The van der Waals surface area contributed by atoms with E-state index in [2.05, 4.69) is 0 Å². The van der Waals surface area contributed by atoms with Gasteiger partial charge in [-0.2, -0.15) is 0 Å². The first-order valence-corrected chi connectivity index (χ1v) is 7.29. The third kappa shape index (κ3) is 3.43. The summed E-state index contributed by atoms with van der Waals surface area (Å²) >= 11 is 0. The highest BCUT2D eigenvalue weighted by Gasteiger charge is 2.38. The van der Waals surface area contributed by atoms with Crippen molar-refractivity contribution in [3.63, 3.8) is 0 Å². The van der Waals surface area contributed by atoms with Crippen molar-refractivity contribution in [1.29, 1.82) is 0 Å². The Hall–Kier alpha value is -1.84. The molecule has 4 heteroatoms. The van der Waals surface area contributed by atoms with Crippen LogP contribution in [0, 0.1) is 19.3 Å². The number of carbonyl (C=O) groups is 2. The molecular formula is C17H25NO3. The number of esters is 1. The van der Waals surface area contributed by atoms with Crippen LogP contribution in [0.15, 0.2) is 12.1 Å². The molecule has 1 aromatic carbocycles. The van der Waals surface area contributed by atoms with Crippen LogP contribution in [-0.4, -0.2) is 18.9 Å². The molecule has 0 saturated heterocycles. The molecule has 0 fully saturated rings. The molecule has 0 aliphatic heterocycles. The number of ketones is 1. The molecule has 0 atom stereocenters. The van der Waals surface area contributed by atoms with Gasteiger partial charge in [-0.1, -0.05) is 13.8 Å². The Kier molecular flexibility index (Phi) is 5.53. The molecule has 0 bridgehead atoms. The van der Waals surface area contributed by atoms with E-state index >= 15 is 0 Å². The second kappa shape index (κ2) is 6.74. The van der Waals surface area contributed by atoms with Crippen molar-refractivity contribution in [2.24, 2.45) is 5.41 Å². The maximum atomic E-state index is 12.6. The van der Waals surface area contributed by atoms with Gasteiger partial charge in [0.25, 0.3) is 0 Å². The molecule has 0 aromatic heterocycles. The van der Waals surface area contributed by atoms with Crippen molar-refractivity contribution in [3.05, 3.63) is 28.8 Å². The summed E-state index contributed by atoms with van der Waals surface area (Å²) in [6, 6.07) is 3.58. The highest BCUT2D eigenvalue weighted by Crippen LogP contribution is 2.34. The van der Waals surface area contributed by atoms with Gasteiger partial charge in [-0.15, -0.1) is 0 Å². The van der Waals surface area contributed by atoms with Gasteiger partial charge in [-0.25, -0.2) is 0 Å². The van der Waals surface area contributed by atoms with E-state index in [1.807, 2.05) is 27.7 Å². The lowest BCUT2D eigenvalue weighted by molar-refractivity contribution is -0.153. The van der Waals surface area contributed by atoms with E-state index in [0.29, 0.717) is 24.1 Å². The third-order valence-corrected chi connectivity index (χ3v) is 4.39. The lowest BCUT2D eigenvalue weighted by Crippen LogP contribution is -2.33. The lowest BCUT2D eigenvalue weighted by Gasteiger charge is -2.27. The summed E-state index contributed by atoms with van der Waals surface area (Å²) in [4.78, 5) is 24.6. The van der Waals surface area contributed by atoms with Crippen molar-refractivity contribution in [2.75, 3.05) is 12.8 Å². The van der Waals surface area contributed by atoms with Gasteiger partial charge < -0.3 is 10.5 Å². The van der Waals surface area contributed by atoms with Crippen LogP contribution in [0.3, 0.4) is 0 Å². The first-order chi connectivity index (χ1) is 9.81. The van der Waals surface area contributed by atoms with Crippen LogP contribution in [0.25, 0.3) is 0 Å². The van der Waals surface area contributed by atoms with E-state index in [-0.39, 0.29) is 18.2 Å². The molecule has 1 rings (SSSR count). The summed E-state index contributed by atoms with van der Waals surface area (Å²) < 4.78 is 4.89. The Labute approximate surface area is 126 Å². The van der Waals surface area contributed by atoms with Crippen LogP contribution in [-0.2, 0) is 9.53 Å². The first-order valence-electron chi connectivity index (χ1n) is 7.29. The number of hydrogen-bond donors (Lipinski definition) is 1. The fourth-order valence-corrected chi connectivity index (χ4v) is 2.62. The molecule has 1 aromatic rings. The molecule has 0 aliphatic rings. The Morgan fingerprint density at radius 2 is 1.62 bits per heavy atom. The smallest absolute Gasteiger partial charge is 0.312 e. The summed E-state index contributed by atoms with van der Waals surface area (Å²) in [5, 5.41) is 0. The second-order valence-corrected chi connectivity index (χ2v) is 5.60. The maximum absolute atomic E-state index is 12.6. The average molecular weight is 291 g/mol. The number of carbonyl (C=O) groups excluding carboxylic acids is 2. The molecule has 0 unspecified atom stereocenters. The van der Waals surface area contributed by atoms with Gasteiger partial charge in [0.15, 0.2) is 5.78 Å². The Morgan fingerprint density at radius 1 is 1.14 bits per heavy atom. The van der Waals surface area contributed by atoms with Crippen LogP contribution >= 0.6 is 0 Å². The van der Waals surface area contributed by atoms with Gasteiger partial charge >= 0.3 is 5.97 Å². The summed E-state index contributed by atoms with van der Waals surface area (Å²) in [5.41, 5.74) is 8.25. The van der Waals surface area contributed by atoms with Crippen LogP contribution in [0.1, 0.15) is 54.6 Å². The summed E-state index contributed by atoms with van der Waals surface area (Å²) in [6.45, 7) is 7.58. The predicted octanol–water partition coefficient (Wildman–Crippen LogP) is 3.44. The first kappa shape index (κ1) is 17.2. The zero-order valence-electron chi connectivity index (χ0n) is 13.6. The van der Waals surface area contributed by atoms with E-state index in [1.54, 1.807) is 12.1 Å². The topological polar surface area (TPSA) is 69.4 Å². The number of anilines is 1. The summed E-state index contributed by atoms with van der Waals surface area (Å²) in [5.74, 6) is -0.361. The number of rotatable bonds is 6.